The molecule has 28 heavy (non-hydrogen) atoms. The molecule has 1 aliphatic rings. The minimum Gasteiger partial charge on any atom is -0.508 e. The lowest BCUT2D eigenvalue weighted by molar-refractivity contribution is -0.112. The predicted octanol–water partition coefficient (Wildman–Crippen LogP) is 3.19. The molecule has 152 valence electrons. The van der Waals surface area contributed by atoms with Crippen LogP contribution in [0.3, 0.4) is 0 Å². The molecule has 0 amide bonds. The largest absolute Gasteiger partial charge is 0.508 e. The van der Waals surface area contributed by atoms with E-state index in [9.17, 15) is 9.90 Å². The highest BCUT2D eigenvalue weighted by Gasteiger charge is 2.25. The Kier molecular flexibility index (Phi) is 8.48. The van der Waals surface area contributed by atoms with E-state index in [0.29, 0.717) is 5.75 Å². The first-order valence-corrected chi connectivity index (χ1v) is 9.88. The van der Waals surface area contributed by atoms with Crippen molar-refractivity contribution in [2.75, 3.05) is 52.2 Å². The summed E-state index contributed by atoms with van der Waals surface area (Å²) < 4.78 is 0. The molecule has 1 N–H and O–H groups in total. The van der Waals surface area contributed by atoms with Gasteiger partial charge < -0.3 is 19.7 Å². The molecule has 0 bridgehead atoms. The fourth-order valence-electron chi connectivity index (χ4n) is 3.34. The molecular formula is C23H33N3O2. The summed E-state index contributed by atoms with van der Waals surface area (Å²) in [5, 5.41) is 9.84. The monoisotopic (exact) mass is 383 g/mol. The second-order valence-corrected chi connectivity index (χ2v) is 7.52. The van der Waals surface area contributed by atoms with Crippen molar-refractivity contribution >= 4 is 12.0 Å². The van der Waals surface area contributed by atoms with Crippen molar-refractivity contribution in [3.05, 3.63) is 59.7 Å². The van der Waals surface area contributed by atoms with Crippen LogP contribution in [-0.4, -0.2) is 68.5 Å². The summed E-state index contributed by atoms with van der Waals surface area (Å²) in [6.07, 6.45) is 1.86. The lowest BCUT2D eigenvalue weighted by Gasteiger charge is -2.38. The first-order chi connectivity index (χ1) is 13.5. The lowest BCUT2D eigenvalue weighted by Crippen LogP contribution is -2.48. The number of carbonyl (C=O) groups is 1. The second kappa shape index (κ2) is 10.8. The molecule has 1 aliphatic heterocycles. The van der Waals surface area contributed by atoms with Crippen molar-refractivity contribution in [3.63, 3.8) is 0 Å². The SMILES string of the molecule is CCc1cc(N2CCN(C(C=O)c3ccccc3)CC2)ccc1O.CN(C)C. The van der Waals surface area contributed by atoms with Gasteiger partial charge in [0, 0.05) is 31.9 Å². The molecule has 0 spiro atoms. The average molecular weight is 384 g/mol. The molecule has 1 saturated heterocycles. The molecule has 0 aromatic heterocycles. The number of phenolic OH excluding ortho intramolecular Hbond substituents is 1. The Morgan fingerprint density at radius 2 is 1.64 bits per heavy atom. The quantitative estimate of drug-likeness (QED) is 0.804. The summed E-state index contributed by atoms with van der Waals surface area (Å²) in [6.45, 7) is 5.50. The third-order valence-electron chi connectivity index (χ3n) is 4.79. The number of aromatic hydroxyl groups is 1. The normalized spacial score (nSPS) is 15.7. The summed E-state index contributed by atoms with van der Waals surface area (Å²) in [6, 6.07) is 15.6. The standard InChI is InChI=1S/C20H24N2O2.C3H9N/c1-2-16-14-18(8-9-20(16)24)21-10-12-22(13-11-21)19(15-23)17-6-4-3-5-7-17;1-4(2)3/h3-9,14-15,19,24H,2,10-13H2,1H3;1-3H3. The van der Waals surface area contributed by atoms with Crippen molar-refractivity contribution in [1.82, 2.24) is 9.80 Å². The van der Waals surface area contributed by atoms with Crippen LogP contribution in [0.15, 0.2) is 48.5 Å². The zero-order valence-corrected chi connectivity index (χ0v) is 17.5. The number of hydrogen-bond acceptors (Lipinski definition) is 5. The maximum Gasteiger partial charge on any atom is 0.141 e. The van der Waals surface area contributed by atoms with Crippen LogP contribution in [0.25, 0.3) is 0 Å². The zero-order valence-electron chi connectivity index (χ0n) is 17.5. The fraction of sp³-hybridized carbons (Fsp3) is 0.435. The van der Waals surface area contributed by atoms with Crippen molar-refractivity contribution in [2.45, 2.75) is 19.4 Å². The van der Waals surface area contributed by atoms with Gasteiger partial charge in [-0.25, -0.2) is 0 Å². The maximum atomic E-state index is 11.6. The zero-order chi connectivity index (χ0) is 20.5. The Balaban J connectivity index is 0.000000640. The van der Waals surface area contributed by atoms with Crippen molar-refractivity contribution < 1.29 is 9.90 Å². The van der Waals surface area contributed by atoms with E-state index in [0.717, 1.165) is 55.7 Å². The number of hydrogen-bond donors (Lipinski definition) is 1. The number of aldehydes is 1. The van der Waals surface area contributed by atoms with Crippen LogP contribution in [0.2, 0.25) is 0 Å². The van der Waals surface area contributed by atoms with Gasteiger partial charge in [0.15, 0.2) is 0 Å². The van der Waals surface area contributed by atoms with Crippen LogP contribution in [-0.2, 0) is 11.2 Å². The Morgan fingerprint density at radius 3 is 2.18 bits per heavy atom. The molecule has 0 aliphatic carbocycles. The lowest BCUT2D eigenvalue weighted by atomic mass is 10.1. The summed E-state index contributed by atoms with van der Waals surface area (Å²) >= 11 is 0. The van der Waals surface area contributed by atoms with Gasteiger partial charge in [-0.2, -0.15) is 0 Å². The summed E-state index contributed by atoms with van der Waals surface area (Å²) in [4.78, 5) is 18.2. The van der Waals surface area contributed by atoms with E-state index in [1.807, 2.05) is 69.4 Å². The van der Waals surface area contributed by atoms with Gasteiger partial charge in [-0.15, -0.1) is 0 Å². The molecule has 2 aromatic carbocycles. The molecule has 1 unspecified atom stereocenters. The first kappa shape index (κ1) is 21.9. The van der Waals surface area contributed by atoms with E-state index in [-0.39, 0.29) is 6.04 Å². The van der Waals surface area contributed by atoms with Crippen LogP contribution < -0.4 is 4.90 Å². The van der Waals surface area contributed by atoms with Crippen LogP contribution in [0.5, 0.6) is 5.75 Å². The van der Waals surface area contributed by atoms with Gasteiger partial charge in [-0.3, -0.25) is 4.90 Å². The van der Waals surface area contributed by atoms with Gasteiger partial charge >= 0.3 is 0 Å². The van der Waals surface area contributed by atoms with E-state index in [1.54, 1.807) is 6.07 Å². The molecule has 1 atom stereocenters. The Labute approximate surface area is 169 Å². The number of phenols is 1. The number of benzene rings is 2. The summed E-state index contributed by atoms with van der Waals surface area (Å²) in [7, 11) is 6.00. The molecule has 5 heteroatoms. The Hall–Kier alpha value is -2.37. The smallest absolute Gasteiger partial charge is 0.141 e. The molecular weight excluding hydrogens is 350 g/mol. The van der Waals surface area contributed by atoms with Gasteiger partial charge in [0.25, 0.3) is 0 Å². The fourth-order valence-corrected chi connectivity index (χ4v) is 3.34. The van der Waals surface area contributed by atoms with E-state index < -0.39 is 0 Å². The molecule has 0 radical (unpaired) electrons. The Morgan fingerprint density at radius 1 is 1.04 bits per heavy atom. The highest BCUT2D eigenvalue weighted by molar-refractivity contribution is 5.61. The topological polar surface area (TPSA) is 47.0 Å². The van der Waals surface area contributed by atoms with Gasteiger partial charge in [-0.1, -0.05) is 37.3 Å². The van der Waals surface area contributed by atoms with Crippen molar-refractivity contribution in [2.24, 2.45) is 0 Å². The molecule has 0 saturated carbocycles. The number of rotatable bonds is 5. The van der Waals surface area contributed by atoms with Crippen LogP contribution >= 0.6 is 0 Å². The number of nitrogens with zero attached hydrogens (tertiary/aromatic N) is 3. The van der Waals surface area contributed by atoms with Gasteiger partial charge in [-0.05, 0) is 56.9 Å². The maximum absolute atomic E-state index is 11.6. The highest BCUT2D eigenvalue weighted by Crippen LogP contribution is 2.27. The molecule has 3 rings (SSSR count). The molecule has 2 aromatic rings. The number of piperazine rings is 1. The van der Waals surface area contributed by atoms with Crippen molar-refractivity contribution in [1.29, 1.82) is 0 Å². The predicted molar refractivity (Wildman–Crippen MR) is 116 cm³/mol. The molecule has 5 nitrogen and oxygen atoms in total. The number of carbonyl (C=O) groups excluding carboxylic acids is 1. The minimum absolute atomic E-state index is 0.167. The van der Waals surface area contributed by atoms with Crippen LogP contribution in [0, 0.1) is 0 Å². The van der Waals surface area contributed by atoms with Crippen LogP contribution in [0.4, 0.5) is 5.69 Å². The van der Waals surface area contributed by atoms with E-state index in [4.69, 9.17) is 0 Å². The van der Waals surface area contributed by atoms with E-state index >= 15 is 0 Å². The van der Waals surface area contributed by atoms with Gasteiger partial charge in [0.05, 0.1) is 6.04 Å². The van der Waals surface area contributed by atoms with E-state index in [2.05, 4.69) is 15.9 Å². The van der Waals surface area contributed by atoms with Gasteiger partial charge in [0.2, 0.25) is 0 Å². The van der Waals surface area contributed by atoms with E-state index in [1.165, 1.54) is 0 Å². The third-order valence-corrected chi connectivity index (χ3v) is 4.79. The summed E-state index contributed by atoms with van der Waals surface area (Å²) in [5.74, 6) is 0.366. The Bertz CT molecular complexity index is 723. The average Bonchev–Trinajstić information content (AvgIpc) is 2.70. The summed E-state index contributed by atoms with van der Waals surface area (Å²) in [5.41, 5.74) is 3.18. The molecule has 1 heterocycles. The second-order valence-electron chi connectivity index (χ2n) is 7.52. The third kappa shape index (κ3) is 6.08. The first-order valence-electron chi connectivity index (χ1n) is 9.88. The van der Waals surface area contributed by atoms with Crippen LogP contribution in [0.1, 0.15) is 24.1 Å². The molecule has 1 fully saturated rings. The van der Waals surface area contributed by atoms with Crippen molar-refractivity contribution in [3.8, 4) is 5.75 Å². The number of aryl methyl sites for hydroxylation is 1. The highest BCUT2D eigenvalue weighted by atomic mass is 16.3. The van der Waals surface area contributed by atoms with Gasteiger partial charge in [0.1, 0.15) is 12.0 Å². The minimum atomic E-state index is -0.167. The number of anilines is 1.